The lowest BCUT2D eigenvalue weighted by molar-refractivity contribution is 0.0953. The van der Waals surface area contributed by atoms with Gasteiger partial charge in [-0.1, -0.05) is 0 Å². The van der Waals surface area contributed by atoms with Crippen LogP contribution in [0.25, 0.3) is 0 Å². The Hall–Kier alpha value is -0.810. The Bertz CT molecular complexity index is 376. The largest absolute Gasteiger partial charge is 0.352 e. The molecule has 88 valence electrons. The zero-order valence-electron chi connectivity index (χ0n) is 9.10. The summed E-state index contributed by atoms with van der Waals surface area (Å²) >= 11 is 4.14. The number of carbonyl (C=O) groups is 1. The van der Waals surface area contributed by atoms with Gasteiger partial charge in [-0.15, -0.1) is 12.6 Å². The summed E-state index contributed by atoms with van der Waals surface area (Å²) in [6, 6.07) is 7.02. The van der Waals surface area contributed by atoms with E-state index < -0.39 is 10.8 Å². The van der Waals surface area contributed by atoms with E-state index in [1.165, 1.54) is 0 Å². The molecule has 0 radical (unpaired) electrons. The van der Waals surface area contributed by atoms with Crippen LogP contribution in [0.2, 0.25) is 0 Å². The van der Waals surface area contributed by atoms with Crippen molar-refractivity contribution in [3.8, 4) is 0 Å². The van der Waals surface area contributed by atoms with Gasteiger partial charge >= 0.3 is 0 Å². The molecule has 0 bridgehead atoms. The molecular weight excluding hydrogens is 242 g/mol. The van der Waals surface area contributed by atoms with Crippen molar-refractivity contribution in [2.24, 2.45) is 0 Å². The Kier molecular flexibility index (Phi) is 5.55. The molecule has 3 nitrogen and oxygen atoms in total. The topological polar surface area (TPSA) is 46.2 Å². The Morgan fingerprint density at radius 3 is 2.56 bits per heavy atom. The molecule has 0 saturated carbocycles. The van der Waals surface area contributed by atoms with Gasteiger partial charge in [0, 0.05) is 39.8 Å². The number of nitrogens with one attached hydrogen (secondary N) is 1. The average molecular weight is 257 g/mol. The zero-order chi connectivity index (χ0) is 12.0. The second-order valence-corrected chi connectivity index (χ2v) is 5.50. The summed E-state index contributed by atoms with van der Waals surface area (Å²) in [4.78, 5) is 12.4. The van der Waals surface area contributed by atoms with E-state index in [-0.39, 0.29) is 5.91 Å². The van der Waals surface area contributed by atoms with Crippen molar-refractivity contribution in [2.75, 3.05) is 18.6 Å². The van der Waals surface area contributed by atoms with Gasteiger partial charge in [-0.05, 0) is 30.7 Å². The molecule has 1 atom stereocenters. The maximum atomic E-state index is 11.6. The Morgan fingerprint density at radius 2 is 2.00 bits per heavy atom. The summed E-state index contributed by atoms with van der Waals surface area (Å²) in [6.45, 7) is 0.557. The molecule has 1 aromatic rings. The molecule has 0 aliphatic carbocycles. The van der Waals surface area contributed by atoms with Gasteiger partial charge in [0.15, 0.2) is 0 Å². The van der Waals surface area contributed by atoms with Crippen LogP contribution in [0.4, 0.5) is 0 Å². The normalized spacial score (nSPS) is 12.1. The van der Waals surface area contributed by atoms with Gasteiger partial charge in [0.2, 0.25) is 0 Å². The van der Waals surface area contributed by atoms with Crippen LogP contribution in [-0.2, 0) is 10.8 Å². The third kappa shape index (κ3) is 4.81. The summed E-state index contributed by atoms with van der Waals surface area (Å²) in [5, 5.41) is 2.78. The number of hydrogen-bond acceptors (Lipinski definition) is 3. The zero-order valence-corrected chi connectivity index (χ0v) is 10.8. The molecular formula is C11H15NO2S2. The van der Waals surface area contributed by atoms with Crippen molar-refractivity contribution < 1.29 is 9.00 Å². The number of thiol groups is 1. The lowest BCUT2D eigenvalue weighted by atomic mass is 10.2. The van der Waals surface area contributed by atoms with E-state index in [4.69, 9.17) is 0 Å². The number of rotatable bonds is 5. The van der Waals surface area contributed by atoms with Gasteiger partial charge in [0.1, 0.15) is 0 Å². The highest BCUT2D eigenvalue weighted by molar-refractivity contribution is 7.84. The van der Waals surface area contributed by atoms with Gasteiger partial charge < -0.3 is 5.32 Å². The van der Waals surface area contributed by atoms with Gasteiger partial charge in [0.05, 0.1) is 0 Å². The monoisotopic (exact) mass is 257 g/mol. The molecule has 1 rings (SSSR count). The van der Waals surface area contributed by atoms with E-state index in [1.54, 1.807) is 30.5 Å². The molecule has 1 aromatic carbocycles. The van der Waals surface area contributed by atoms with Gasteiger partial charge in [-0.25, -0.2) is 0 Å². The van der Waals surface area contributed by atoms with Gasteiger partial charge in [0.25, 0.3) is 5.91 Å². The fourth-order valence-electron chi connectivity index (χ4n) is 1.19. The van der Waals surface area contributed by atoms with Gasteiger partial charge in [-0.3, -0.25) is 9.00 Å². The van der Waals surface area contributed by atoms with Crippen LogP contribution >= 0.6 is 12.6 Å². The molecule has 1 amide bonds. The average Bonchev–Trinajstić information content (AvgIpc) is 2.25. The second kappa shape index (κ2) is 6.70. The highest BCUT2D eigenvalue weighted by Crippen LogP contribution is 2.07. The van der Waals surface area contributed by atoms with Crippen molar-refractivity contribution in [1.82, 2.24) is 5.32 Å². The molecule has 0 heterocycles. The first kappa shape index (κ1) is 13.3. The molecule has 5 heteroatoms. The number of hydrogen-bond donors (Lipinski definition) is 2. The lowest BCUT2D eigenvalue weighted by Crippen LogP contribution is -2.25. The highest BCUT2D eigenvalue weighted by atomic mass is 32.2. The first-order chi connectivity index (χ1) is 7.59. The van der Waals surface area contributed by atoms with Crippen LogP contribution in [-0.4, -0.2) is 28.7 Å². The third-order valence-electron chi connectivity index (χ3n) is 2.02. The van der Waals surface area contributed by atoms with Crippen molar-refractivity contribution in [2.45, 2.75) is 11.3 Å². The van der Waals surface area contributed by atoms with E-state index in [0.717, 1.165) is 11.3 Å². The standard InChI is InChI=1S/C11H15NO2S2/c1-16(14)8-2-7-12-11(13)9-3-5-10(15)6-4-9/h3-6,15H,2,7-8H2,1H3,(H,12,13). The minimum Gasteiger partial charge on any atom is -0.352 e. The minimum absolute atomic E-state index is 0.102. The first-order valence-electron chi connectivity index (χ1n) is 4.97. The van der Waals surface area contributed by atoms with Crippen molar-refractivity contribution in [3.05, 3.63) is 29.8 Å². The van der Waals surface area contributed by atoms with Crippen molar-refractivity contribution >= 4 is 29.3 Å². The Labute approximate surface area is 103 Å². The second-order valence-electron chi connectivity index (χ2n) is 3.43. The van der Waals surface area contributed by atoms with Crippen LogP contribution in [0.5, 0.6) is 0 Å². The van der Waals surface area contributed by atoms with Crippen molar-refractivity contribution in [1.29, 1.82) is 0 Å². The quantitative estimate of drug-likeness (QED) is 0.620. The third-order valence-corrected chi connectivity index (χ3v) is 3.19. The fraction of sp³-hybridized carbons (Fsp3) is 0.364. The summed E-state index contributed by atoms with van der Waals surface area (Å²) in [5.74, 6) is 0.519. The van der Waals surface area contributed by atoms with Crippen LogP contribution < -0.4 is 5.32 Å². The molecule has 1 unspecified atom stereocenters. The molecule has 16 heavy (non-hydrogen) atoms. The molecule has 0 aromatic heterocycles. The number of carbonyl (C=O) groups excluding carboxylic acids is 1. The minimum atomic E-state index is -0.789. The molecule has 0 fully saturated rings. The van der Waals surface area contributed by atoms with E-state index in [0.29, 0.717) is 17.9 Å². The lowest BCUT2D eigenvalue weighted by Gasteiger charge is -2.04. The van der Waals surface area contributed by atoms with Crippen LogP contribution in [0.3, 0.4) is 0 Å². The molecule has 0 saturated heterocycles. The number of amides is 1. The van der Waals surface area contributed by atoms with Crippen LogP contribution in [0.1, 0.15) is 16.8 Å². The van der Waals surface area contributed by atoms with E-state index >= 15 is 0 Å². The van der Waals surface area contributed by atoms with E-state index in [2.05, 4.69) is 17.9 Å². The van der Waals surface area contributed by atoms with Crippen molar-refractivity contribution in [3.63, 3.8) is 0 Å². The molecule has 0 aliphatic rings. The maximum absolute atomic E-state index is 11.6. The highest BCUT2D eigenvalue weighted by Gasteiger charge is 2.03. The summed E-state index contributed by atoms with van der Waals surface area (Å²) < 4.78 is 10.8. The Morgan fingerprint density at radius 1 is 1.38 bits per heavy atom. The molecule has 0 aliphatic heterocycles. The Balaban J connectivity index is 2.35. The SMILES string of the molecule is CS(=O)CCCNC(=O)c1ccc(S)cc1. The maximum Gasteiger partial charge on any atom is 0.251 e. The first-order valence-corrected chi connectivity index (χ1v) is 7.14. The van der Waals surface area contributed by atoms with E-state index in [1.807, 2.05) is 0 Å². The smallest absolute Gasteiger partial charge is 0.251 e. The summed E-state index contributed by atoms with van der Waals surface area (Å²) in [6.07, 6.45) is 2.40. The van der Waals surface area contributed by atoms with E-state index in [9.17, 15) is 9.00 Å². The van der Waals surface area contributed by atoms with Crippen LogP contribution in [0.15, 0.2) is 29.2 Å². The fourth-order valence-corrected chi connectivity index (χ4v) is 1.89. The predicted octanol–water partition coefficient (Wildman–Crippen LogP) is 1.47. The number of benzene rings is 1. The predicted molar refractivity (Wildman–Crippen MR) is 69.6 cm³/mol. The molecule has 1 N–H and O–H groups in total. The van der Waals surface area contributed by atoms with Crippen LogP contribution in [0, 0.1) is 0 Å². The summed E-state index contributed by atoms with van der Waals surface area (Å²) in [5.41, 5.74) is 0.621. The summed E-state index contributed by atoms with van der Waals surface area (Å²) in [7, 11) is -0.789. The van der Waals surface area contributed by atoms with Gasteiger partial charge in [-0.2, -0.15) is 0 Å². The molecule has 0 spiro atoms.